The Hall–Kier alpha value is -1.62. The van der Waals surface area contributed by atoms with Gasteiger partial charge in [-0.2, -0.15) is 0 Å². The van der Waals surface area contributed by atoms with Crippen LogP contribution in [0.4, 0.5) is 5.82 Å². The Morgan fingerprint density at radius 3 is 2.48 bits per heavy atom. The van der Waals surface area contributed by atoms with E-state index in [1.54, 1.807) is 6.07 Å². The topological polar surface area (TPSA) is 82.5 Å². The molecule has 3 N–H and O–H groups in total. The smallest absolute Gasteiger partial charge is 0.335 e. The number of aliphatic hydroxyl groups is 1. The van der Waals surface area contributed by atoms with Gasteiger partial charge in [-0.05, 0) is 24.5 Å². The number of pyridine rings is 1. The number of nitrogens with one attached hydrogen (secondary N) is 1. The van der Waals surface area contributed by atoms with Crippen LogP contribution in [0, 0.1) is 5.92 Å². The number of rotatable bonds is 9. The van der Waals surface area contributed by atoms with Crippen LogP contribution in [0.1, 0.15) is 56.1 Å². The lowest BCUT2D eigenvalue weighted by Gasteiger charge is -2.20. The number of carboxylic acids is 1. The molecule has 0 aliphatic carbocycles. The molecule has 1 aromatic rings. The van der Waals surface area contributed by atoms with Gasteiger partial charge in [0.15, 0.2) is 0 Å². The summed E-state index contributed by atoms with van der Waals surface area (Å²) in [6.07, 6.45) is 3.04. The second-order valence-corrected chi connectivity index (χ2v) is 5.31. The summed E-state index contributed by atoms with van der Waals surface area (Å²) in [4.78, 5) is 15.5. The van der Waals surface area contributed by atoms with E-state index in [9.17, 15) is 9.90 Å². The molecule has 5 nitrogen and oxygen atoms in total. The van der Waals surface area contributed by atoms with E-state index >= 15 is 0 Å². The minimum Gasteiger partial charge on any atom is -0.478 e. The highest BCUT2D eigenvalue weighted by Gasteiger charge is 2.16. The average molecular weight is 294 g/mol. The van der Waals surface area contributed by atoms with E-state index < -0.39 is 12.1 Å². The van der Waals surface area contributed by atoms with Gasteiger partial charge < -0.3 is 15.5 Å². The third-order valence-electron chi connectivity index (χ3n) is 3.72. The van der Waals surface area contributed by atoms with E-state index in [0.29, 0.717) is 12.4 Å². The largest absolute Gasteiger partial charge is 0.478 e. The number of anilines is 1. The number of aliphatic hydroxyl groups excluding tert-OH is 1. The first-order chi connectivity index (χ1) is 10.0. The Bertz CT molecular complexity index is 459. The van der Waals surface area contributed by atoms with Crippen LogP contribution in [0.5, 0.6) is 0 Å². The van der Waals surface area contributed by atoms with Crippen molar-refractivity contribution in [3.63, 3.8) is 0 Å². The molecule has 0 bridgehead atoms. The van der Waals surface area contributed by atoms with Gasteiger partial charge in [0.05, 0.1) is 11.7 Å². The number of carboxylic acid groups (broad SMARTS) is 1. The van der Waals surface area contributed by atoms with Crippen molar-refractivity contribution in [2.45, 2.75) is 52.6 Å². The van der Waals surface area contributed by atoms with E-state index in [0.717, 1.165) is 31.4 Å². The molecule has 0 aliphatic rings. The molecule has 1 atom stereocenters. The number of aromatic nitrogens is 1. The van der Waals surface area contributed by atoms with Gasteiger partial charge in [0.25, 0.3) is 0 Å². The number of aryl methyl sites for hydroxylation is 1. The summed E-state index contributed by atoms with van der Waals surface area (Å²) in [5, 5.41) is 22.3. The first-order valence-corrected chi connectivity index (χ1v) is 7.67. The van der Waals surface area contributed by atoms with Crippen molar-refractivity contribution >= 4 is 11.8 Å². The highest BCUT2D eigenvalue weighted by molar-refractivity contribution is 5.88. The first kappa shape index (κ1) is 17.4. The lowest BCUT2D eigenvalue weighted by Crippen LogP contribution is -2.28. The molecule has 0 aromatic carbocycles. The molecule has 0 amide bonds. The van der Waals surface area contributed by atoms with Gasteiger partial charge in [0, 0.05) is 12.2 Å². The van der Waals surface area contributed by atoms with Gasteiger partial charge in [0.2, 0.25) is 0 Å². The molecule has 0 saturated carbocycles. The summed E-state index contributed by atoms with van der Waals surface area (Å²) in [5.74, 6) is -0.197. The standard InChI is InChI=1S/C16H26N2O3/c1-4-7-13-8-12(16(20)21)9-15(18-13)17-10-14(19)11(5-2)6-3/h8-9,11,14,19H,4-7,10H2,1-3H3,(H,17,18)(H,20,21). The van der Waals surface area contributed by atoms with E-state index in [-0.39, 0.29) is 11.5 Å². The van der Waals surface area contributed by atoms with Crippen LogP contribution < -0.4 is 5.32 Å². The van der Waals surface area contributed by atoms with E-state index in [1.165, 1.54) is 6.07 Å². The summed E-state index contributed by atoms with van der Waals surface area (Å²) >= 11 is 0. The van der Waals surface area contributed by atoms with Gasteiger partial charge in [-0.3, -0.25) is 0 Å². The highest BCUT2D eigenvalue weighted by atomic mass is 16.4. The Labute approximate surface area is 126 Å². The normalized spacial score (nSPS) is 12.4. The minimum atomic E-state index is -0.960. The molecule has 5 heteroatoms. The van der Waals surface area contributed by atoms with Gasteiger partial charge in [0.1, 0.15) is 5.82 Å². The van der Waals surface area contributed by atoms with E-state index in [2.05, 4.69) is 24.1 Å². The fourth-order valence-corrected chi connectivity index (χ4v) is 2.39. The third-order valence-corrected chi connectivity index (χ3v) is 3.72. The SMILES string of the molecule is CCCc1cc(C(=O)O)cc(NCC(O)C(CC)CC)n1. The molecule has 0 spiro atoms. The van der Waals surface area contributed by atoms with Crippen LogP contribution in [0.25, 0.3) is 0 Å². The Morgan fingerprint density at radius 2 is 1.95 bits per heavy atom. The Kier molecular flexibility index (Phi) is 7.15. The van der Waals surface area contributed by atoms with Gasteiger partial charge in [-0.25, -0.2) is 9.78 Å². The van der Waals surface area contributed by atoms with Crippen LogP contribution in [0.3, 0.4) is 0 Å². The van der Waals surface area contributed by atoms with Crippen molar-refractivity contribution in [1.82, 2.24) is 4.98 Å². The van der Waals surface area contributed by atoms with E-state index in [4.69, 9.17) is 5.11 Å². The fraction of sp³-hybridized carbons (Fsp3) is 0.625. The Morgan fingerprint density at radius 1 is 1.29 bits per heavy atom. The quantitative estimate of drug-likeness (QED) is 0.652. The zero-order valence-corrected chi connectivity index (χ0v) is 13.1. The molecule has 0 fully saturated rings. The molecule has 1 rings (SSSR count). The summed E-state index contributed by atoms with van der Waals surface area (Å²) in [5.41, 5.74) is 0.991. The second kappa shape index (κ2) is 8.62. The molecule has 1 aromatic heterocycles. The maximum atomic E-state index is 11.1. The van der Waals surface area contributed by atoms with Crippen LogP contribution >= 0.6 is 0 Å². The number of hydrogen-bond acceptors (Lipinski definition) is 4. The predicted octanol–water partition coefficient (Wildman–Crippen LogP) is 2.94. The van der Waals surface area contributed by atoms with Gasteiger partial charge in [-0.1, -0.05) is 40.0 Å². The third kappa shape index (κ3) is 5.34. The lowest BCUT2D eigenvalue weighted by molar-refractivity contribution is 0.0696. The fourth-order valence-electron chi connectivity index (χ4n) is 2.39. The number of aromatic carboxylic acids is 1. The van der Waals surface area contributed by atoms with Crippen LogP contribution in [-0.2, 0) is 6.42 Å². The van der Waals surface area contributed by atoms with Gasteiger partial charge >= 0.3 is 5.97 Å². The molecular weight excluding hydrogens is 268 g/mol. The van der Waals surface area contributed by atoms with Crippen molar-refractivity contribution in [2.24, 2.45) is 5.92 Å². The lowest BCUT2D eigenvalue weighted by atomic mass is 9.96. The Balaban J connectivity index is 2.79. The zero-order valence-electron chi connectivity index (χ0n) is 13.1. The molecule has 1 heterocycles. The van der Waals surface area contributed by atoms with E-state index in [1.807, 2.05) is 6.92 Å². The number of carbonyl (C=O) groups is 1. The van der Waals surface area contributed by atoms with Gasteiger partial charge in [-0.15, -0.1) is 0 Å². The van der Waals surface area contributed by atoms with Crippen LogP contribution in [-0.4, -0.2) is 33.8 Å². The minimum absolute atomic E-state index is 0.230. The van der Waals surface area contributed by atoms with Crippen molar-refractivity contribution in [3.05, 3.63) is 23.4 Å². The molecule has 21 heavy (non-hydrogen) atoms. The monoisotopic (exact) mass is 294 g/mol. The summed E-state index contributed by atoms with van der Waals surface area (Å²) in [7, 11) is 0. The number of nitrogens with zero attached hydrogens (tertiary/aromatic N) is 1. The summed E-state index contributed by atoms with van der Waals surface area (Å²) in [6.45, 7) is 6.52. The molecule has 0 aliphatic heterocycles. The molecule has 0 saturated heterocycles. The highest BCUT2D eigenvalue weighted by Crippen LogP contribution is 2.16. The molecule has 118 valence electrons. The molecule has 0 radical (unpaired) electrons. The molecular formula is C16H26N2O3. The van der Waals surface area contributed by atoms with Crippen LogP contribution in [0.15, 0.2) is 12.1 Å². The van der Waals surface area contributed by atoms with Crippen molar-refractivity contribution in [2.75, 3.05) is 11.9 Å². The zero-order chi connectivity index (χ0) is 15.8. The maximum absolute atomic E-state index is 11.1. The average Bonchev–Trinajstić information content (AvgIpc) is 2.46. The summed E-state index contributed by atoms with van der Waals surface area (Å²) < 4.78 is 0. The van der Waals surface area contributed by atoms with Crippen molar-refractivity contribution < 1.29 is 15.0 Å². The maximum Gasteiger partial charge on any atom is 0.335 e. The second-order valence-electron chi connectivity index (χ2n) is 5.31. The predicted molar refractivity (Wildman–Crippen MR) is 83.8 cm³/mol. The summed E-state index contributed by atoms with van der Waals surface area (Å²) in [6, 6.07) is 3.12. The molecule has 1 unspecified atom stereocenters. The van der Waals surface area contributed by atoms with Crippen molar-refractivity contribution in [3.8, 4) is 0 Å². The number of hydrogen-bond donors (Lipinski definition) is 3. The van der Waals surface area contributed by atoms with Crippen molar-refractivity contribution in [1.29, 1.82) is 0 Å². The first-order valence-electron chi connectivity index (χ1n) is 7.67. The van der Waals surface area contributed by atoms with Crippen LogP contribution in [0.2, 0.25) is 0 Å².